The Labute approximate surface area is 376 Å². The molecule has 4 amide bonds. The number of alkyl carbamates (subject to hydrolysis) is 1. The van der Waals surface area contributed by atoms with Crippen LogP contribution in [0.25, 0.3) is 11.1 Å². The smallest absolute Gasteiger partial charge is 0.407 e. The molecule has 0 heterocycles. The number of nitrogens with one attached hydrogen (secondary N) is 4. The minimum atomic E-state index is -2.43. The number of esters is 1. The van der Waals surface area contributed by atoms with Gasteiger partial charge in [0.05, 0.1) is 0 Å². The highest BCUT2D eigenvalue weighted by Gasteiger charge is 2.33. The lowest BCUT2D eigenvalue weighted by molar-refractivity contribution is -0.155. The fourth-order valence-electron chi connectivity index (χ4n) is 7.06. The van der Waals surface area contributed by atoms with E-state index < -0.39 is 94.6 Å². The average Bonchev–Trinajstić information content (AvgIpc) is 3.59. The van der Waals surface area contributed by atoms with Crippen molar-refractivity contribution in [3.05, 3.63) is 119 Å². The second kappa shape index (κ2) is 21.8. The number of halogens is 5. The Morgan fingerprint density at radius 2 is 1.26 bits per heavy atom. The van der Waals surface area contributed by atoms with Crippen molar-refractivity contribution in [2.45, 2.75) is 96.7 Å². The molecule has 66 heavy (non-hydrogen) atoms. The van der Waals surface area contributed by atoms with Gasteiger partial charge in [0, 0.05) is 23.6 Å². The first-order valence-corrected chi connectivity index (χ1v) is 20.8. The molecule has 19 heteroatoms. The van der Waals surface area contributed by atoms with Crippen molar-refractivity contribution in [1.82, 2.24) is 16.0 Å². The zero-order chi connectivity index (χ0) is 48.5. The van der Waals surface area contributed by atoms with Crippen molar-refractivity contribution in [2.24, 2.45) is 5.92 Å². The van der Waals surface area contributed by atoms with Gasteiger partial charge in [-0.25, -0.2) is 18.0 Å². The van der Waals surface area contributed by atoms with Crippen LogP contribution in [0.15, 0.2) is 72.8 Å². The SMILES string of the molecule is CC(C)C[C@@H](NC(=O)OCC1c2ccccc2-c2ccccc21)C(=O)N[C@@H](C)C(=O)N[C@@H](CCC(=O)OC(C)(C)C)C(=O)Nc1ccc(C(OC=O)Oc2c(F)c(F)c(F)c(F)c2F)cc1. The normalized spacial score (nSPS) is 13.8. The molecule has 0 aliphatic heterocycles. The zero-order valence-electron chi connectivity index (χ0n) is 36.8. The molecule has 0 radical (unpaired) electrons. The molecular formula is C47H49F5N4O10. The molecular weight excluding hydrogens is 876 g/mol. The van der Waals surface area contributed by atoms with Gasteiger partial charge >= 0.3 is 12.1 Å². The molecule has 0 saturated carbocycles. The fourth-order valence-corrected chi connectivity index (χ4v) is 7.06. The Balaban J connectivity index is 1.24. The molecule has 0 bridgehead atoms. The molecule has 4 aromatic rings. The van der Waals surface area contributed by atoms with Crippen molar-refractivity contribution in [3.8, 4) is 16.9 Å². The molecule has 0 saturated heterocycles. The van der Waals surface area contributed by atoms with Crippen LogP contribution < -0.4 is 26.0 Å². The quantitative estimate of drug-likeness (QED) is 0.0139. The third kappa shape index (κ3) is 12.6. The van der Waals surface area contributed by atoms with Crippen LogP contribution >= 0.6 is 0 Å². The molecule has 1 aliphatic carbocycles. The molecule has 0 spiro atoms. The van der Waals surface area contributed by atoms with E-state index in [1.807, 2.05) is 62.4 Å². The topological polar surface area (TPSA) is 187 Å². The van der Waals surface area contributed by atoms with Crippen LogP contribution in [0.5, 0.6) is 5.75 Å². The lowest BCUT2D eigenvalue weighted by Gasteiger charge is -2.25. The Morgan fingerprint density at radius 1 is 0.697 bits per heavy atom. The second-order valence-corrected chi connectivity index (χ2v) is 16.8. The van der Waals surface area contributed by atoms with Crippen LogP contribution in [-0.4, -0.2) is 66.6 Å². The maximum absolute atomic E-state index is 14.3. The number of ether oxygens (including phenoxy) is 4. The van der Waals surface area contributed by atoms with Crippen LogP contribution in [0.4, 0.5) is 32.4 Å². The fraction of sp³-hybridized carbons (Fsp3) is 0.362. The Hall–Kier alpha value is -7.05. The van der Waals surface area contributed by atoms with Crippen molar-refractivity contribution >= 4 is 41.9 Å². The number of rotatable bonds is 19. The number of benzene rings is 4. The van der Waals surface area contributed by atoms with Gasteiger partial charge in [0.1, 0.15) is 30.3 Å². The largest absolute Gasteiger partial charge is 0.460 e. The number of hydrogen-bond donors (Lipinski definition) is 4. The first-order chi connectivity index (χ1) is 31.2. The van der Waals surface area contributed by atoms with Crippen LogP contribution in [0.1, 0.15) is 89.7 Å². The van der Waals surface area contributed by atoms with Crippen LogP contribution in [0.2, 0.25) is 0 Å². The number of hydrogen-bond acceptors (Lipinski definition) is 10. The Kier molecular flexibility index (Phi) is 16.5. The summed E-state index contributed by atoms with van der Waals surface area (Å²) in [4.78, 5) is 77.8. The molecule has 1 aliphatic rings. The highest BCUT2D eigenvalue weighted by atomic mass is 19.2. The maximum Gasteiger partial charge on any atom is 0.407 e. The first-order valence-electron chi connectivity index (χ1n) is 20.8. The van der Waals surface area contributed by atoms with E-state index in [9.17, 15) is 50.7 Å². The number of carbonyl (C=O) groups is 6. The van der Waals surface area contributed by atoms with E-state index in [1.54, 1.807) is 20.8 Å². The standard InChI is InChI=1S/C47H49F5N4O10/c1-24(2)21-34(56-46(62)63-22-32-30-13-9-7-11-28(30)29-12-8-10-14-31(29)32)44(61)53-25(3)42(59)55-33(19-20-35(58)66-47(4,5)6)43(60)54-27-17-15-26(16-18-27)45(64-23-57)65-41-39(51)37(49)36(48)38(50)40(41)52/h7-18,23-25,32-34,45H,19-22H2,1-6H3,(H,53,61)(H,54,60)(H,55,59)(H,56,62)/t25-,33-,34+,45?/m0/s1. The van der Waals surface area contributed by atoms with E-state index in [2.05, 4.69) is 26.0 Å². The summed E-state index contributed by atoms with van der Waals surface area (Å²) in [5, 5.41) is 10.2. The van der Waals surface area contributed by atoms with Crippen molar-refractivity contribution in [2.75, 3.05) is 11.9 Å². The Morgan fingerprint density at radius 3 is 1.80 bits per heavy atom. The summed E-state index contributed by atoms with van der Waals surface area (Å²) < 4.78 is 90.4. The van der Waals surface area contributed by atoms with E-state index in [-0.39, 0.29) is 55.4 Å². The van der Waals surface area contributed by atoms with Crippen LogP contribution in [0.3, 0.4) is 0 Å². The lowest BCUT2D eigenvalue weighted by Crippen LogP contribution is -2.55. The van der Waals surface area contributed by atoms with Gasteiger partial charge in [-0.05, 0) is 93.0 Å². The third-order valence-corrected chi connectivity index (χ3v) is 10.1. The van der Waals surface area contributed by atoms with E-state index in [0.29, 0.717) is 0 Å². The number of carbonyl (C=O) groups excluding carboxylic acids is 6. The van der Waals surface area contributed by atoms with Gasteiger partial charge < -0.3 is 40.2 Å². The summed E-state index contributed by atoms with van der Waals surface area (Å²) in [5.74, 6) is -16.8. The molecule has 4 aromatic carbocycles. The highest BCUT2D eigenvalue weighted by molar-refractivity contribution is 5.99. The second-order valence-electron chi connectivity index (χ2n) is 16.8. The predicted octanol–water partition coefficient (Wildman–Crippen LogP) is 7.64. The third-order valence-electron chi connectivity index (χ3n) is 10.1. The monoisotopic (exact) mass is 924 g/mol. The molecule has 5 rings (SSSR count). The van der Waals surface area contributed by atoms with Gasteiger partial charge in [0.15, 0.2) is 0 Å². The molecule has 352 valence electrons. The van der Waals surface area contributed by atoms with Crippen LogP contribution in [0, 0.1) is 35.0 Å². The number of fused-ring (bicyclic) bond motifs is 3. The van der Waals surface area contributed by atoms with Gasteiger partial charge in [-0.1, -0.05) is 62.4 Å². The highest BCUT2D eigenvalue weighted by Crippen LogP contribution is 2.44. The van der Waals surface area contributed by atoms with Crippen LogP contribution in [-0.2, 0) is 38.2 Å². The molecule has 0 fully saturated rings. The first kappa shape index (κ1) is 50.0. The maximum atomic E-state index is 14.3. The van der Waals surface area contributed by atoms with Gasteiger partial charge in [0.25, 0.3) is 12.8 Å². The van der Waals surface area contributed by atoms with Gasteiger partial charge in [-0.3, -0.25) is 24.0 Å². The minimum absolute atomic E-state index is 0.000315. The molecule has 4 atom stereocenters. The lowest BCUT2D eigenvalue weighted by atomic mass is 9.98. The van der Waals surface area contributed by atoms with E-state index >= 15 is 0 Å². The van der Waals surface area contributed by atoms with E-state index in [0.717, 1.165) is 34.4 Å². The summed E-state index contributed by atoms with van der Waals surface area (Å²) in [7, 11) is 0. The molecule has 0 aromatic heterocycles. The summed E-state index contributed by atoms with van der Waals surface area (Å²) >= 11 is 0. The van der Waals surface area contributed by atoms with Gasteiger partial charge in [-0.15, -0.1) is 0 Å². The number of anilines is 1. The van der Waals surface area contributed by atoms with Gasteiger partial charge in [-0.2, -0.15) is 8.78 Å². The minimum Gasteiger partial charge on any atom is -0.460 e. The summed E-state index contributed by atoms with van der Waals surface area (Å²) in [6, 6.07) is 16.5. The van der Waals surface area contributed by atoms with E-state index in [1.165, 1.54) is 19.1 Å². The molecule has 1 unspecified atom stereocenters. The predicted molar refractivity (Wildman–Crippen MR) is 228 cm³/mol. The summed E-state index contributed by atoms with van der Waals surface area (Å²) in [5.41, 5.74) is 3.06. The Bertz CT molecular complexity index is 2370. The summed E-state index contributed by atoms with van der Waals surface area (Å²) in [6.07, 6.45) is -3.31. The summed E-state index contributed by atoms with van der Waals surface area (Å²) in [6.45, 7) is 9.74. The average molecular weight is 925 g/mol. The molecule has 14 nitrogen and oxygen atoms in total. The van der Waals surface area contributed by atoms with E-state index in [4.69, 9.17) is 14.2 Å². The van der Waals surface area contributed by atoms with Gasteiger partial charge in [0.2, 0.25) is 52.6 Å². The molecule has 4 N–H and O–H groups in total. The van der Waals surface area contributed by atoms with Crippen molar-refractivity contribution < 1.29 is 69.7 Å². The van der Waals surface area contributed by atoms with Crippen molar-refractivity contribution in [3.63, 3.8) is 0 Å². The van der Waals surface area contributed by atoms with Crippen molar-refractivity contribution in [1.29, 1.82) is 0 Å². The number of amides is 4. The zero-order valence-corrected chi connectivity index (χ0v) is 36.8.